The van der Waals surface area contributed by atoms with E-state index in [-0.39, 0.29) is 0 Å². The summed E-state index contributed by atoms with van der Waals surface area (Å²) in [7, 11) is 0. The van der Waals surface area contributed by atoms with Crippen LogP contribution in [0.3, 0.4) is 0 Å². The Morgan fingerprint density at radius 1 is 1.00 bits per heavy atom. The third kappa shape index (κ3) is 2.54. The number of fused-ring (bicyclic) bond motifs is 1. The molecule has 0 saturated carbocycles. The maximum Gasteiger partial charge on any atom is 0.416 e. The van der Waals surface area contributed by atoms with Crippen molar-refractivity contribution < 1.29 is 17.6 Å². The number of hydrogen-bond donors (Lipinski definition) is 1. The minimum absolute atomic E-state index is 0.334. The van der Waals surface area contributed by atoms with Gasteiger partial charge in [0.05, 0.1) is 11.8 Å². The largest absolute Gasteiger partial charge is 0.464 e. The van der Waals surface area contributed by atoms with Crippen molar-refractivity contribution in [2.75, 3.05) is 0 Å². The molecule has 0 fully saturated rings. The summed E-state index contributed by atoms with van der Waals surface area (Å²) in [6, 6.07) is 10.3. The zero-order valence-electron chi connectivity index (χ0n) is 12.1. The van der Waals surface area contributed by atoms with Crippen LogP contribution >= 0.6 is 0 Å². The van der Waals surface area contributed by atoms with Crippen LogP contribution in [-0.2, 0) is 6.18 Å². The highest BCUT2D eigenvalue weighted by atomic mass is 19.4. The summed E-state index contributed by atoms with van der Waals surface area (Å²) in [4.78, 5) is 11.5. The number of alkyl halides is 3. The molecule has 4 rings (SSSR count). The molecule has 0 unspecified atom stereocenters. The van der Waals surface area contributed by atoms with Gasteiger partial charge in [0.15, 0.2) is 5.65 Å². The lowest BCUT2D eigenvalue weighted by Crippen LogP contribution is -2.04. The van der Waals surface area contributed by atoms with Gasteiger partial charge in [-0.1, -0.05) is 12.1 Å². The Labute approximate surface area is 134 Å². The van der Waals surface area contributed by atoms with Crippen molar-refractivity contribution >= 4 is 11.2 Å². The Morgan fingerprint density at radius 3 is 2.62 bits per heavy atom. The van der Waals surface area contributed by atoms with E-state index >= 15 is 0 Å². The second-order valence-electron chi connectivity index (χ2n) is 5.23. The Kier molecular flexibility index (Phi) is 3.16. The minimum atomic E-state index is -4.40. The van der Waals surface area contributed by atoms with Crippen molar-refractivity contribution in [3.05, 3.63) is 60.5 Å². The van der Waals surface area contributed by atoms with E-state index in [1.165, 1.54) is 6.07 Å². The van der Waals surface area contributed by atoms with Gasteiger partial charge in [-0.2, -0.15) is 13.2 Å². The van der Waals surface area contributed by atoms with Crippen LogP contribution in [-0.4, -0.2) is 15.0 Å². The lowest BCUT2D eigenvalue weighted by Gasteiger charge is -2.07. The van der Waals surface area contributed by atoms with Gasteiger partial charge >= 0.3 is 6.18 Å². The quantitative estimate of drug-likeness (QED) is 0.569. The molecule has 3 aromatic heterocycles. The first-order valence-corrected chi connectivity index (χ1v) is 7.08. The van der Waals surface area contributed by atoms with Gasteiger partial charge in [-0.15, -0.1) is 0 Å². The van der Waals surface area contributed by atoms with Gasteiger partial charge in [0.25, 0.3) is 0 Å². The smallest absolute Gasteiger partial charge is 0.416 e. The average Bonchev–Trinajstić information content (AvgIpc) is 3.23. The molecule has 0 aliphatic heterocycles. The highest BCUT2D eigenvalue weighted by Crippen LogP contribution is 2.32. The molecule has 0 aliphatic rings. The average molecular weight is 329 g/mol. The van der Waals surface area contributed by atoms with Crippen LogP contribution in [0.25, 0.3) is 33.9 Å². The monoisotopic (exact) mass is 329 g/mol. The highest BCUT2D eigenvalue weighted by Gasteiger charge is 2.30. The Hall–Kier alpha value is -3.09. The molecular weight excluding hydrogens is 319 g/mol. The van der Waals surface area contributed by atoms with Crippen LogP contribution in [0.5, 0.6) is 0 Å². The normalized spacial score (nSPS) is 12.0. The van der Waals surface area contributed by atoms with E-state index in [9.17, 15) is 13.2 Å². The first kappa shape index (κ1) is 14.5. The predicted molar refractivity (Wildman–Crippen MR) is 82.0 cm³/mol. The molecule has 0 spiro atoms. The van der Waals surface area contributed by atoms with Crippen molar-refractivity contribution in [3.63, 3.8) is 0 Å². The summed E-state index contributed by atoms with van der Waals surface area (Å²) in [5.74, 6) is 0.980. The van der Waals surface area contributed by atoms with Gasteiger partial charge in [0.2, 0.25) is 0 Å². The predicted octanol–water partition coefficient (Wildman–Crippen LogP) is 4.90. The Balaban J connectivity index is 1.78. The Bertz CT molecular complexity index is 1000. The minimum Gasteiger partial charge on any atom is -0.464 e. The summed E-state index contributed by atoms with van der Waals surface area (Å²) in [5, 5.41) is 0. The number of pyridine rings is 1. The third-order valence-corrected chi connectivity index (χ3v) is 3.61. The lowest BCUT2D eigenvalue weighted by atomic mass is 10.1. The molecule has 3 heterocycles. The van der Waals surface area contributed by atoms with E-state index < -0.39 is 11.7 Å². The topological polar surface area (TPSA) is 54.7 Å². The maximum atomic E-state index is 12.8. The van der Waals surface area contributed by atoms with Crippen molar-refractivity contribution in [1.29, 1.82) is 0 Å². The van der Waals surface area contributed by atoms with Crippen LogP contribution in [0, 0.1) is 0 Å². The number of imidazole rings is 1. The zero-order chi connectivity index (χ0) is 16.7. The van der Waals surface area contributed by atoms with Gasteiger partial charge in [0, 0.05) is 17.3 Å². The second kappa shape index (κ2) is 5.23. The summed E-state index contributed by atoms with van der Waals surface area (Å²) in [6.07, 6.45) is -1.22. The number of rotatable bonds is 2. The SMILES string of the molecule is FC(F)(F)c1cccc(-c2nc3cc(-c4ccco4)cnc3[nH]2)c1. The summed E-state index contributed by atoms with van der Waals surface area (Å²) >= 11 is 0. The van der Waals surface area contributed by atoms with E-state index in [0.717, 1.165) is 17.7 Å². The van der Waals surface area contributed by atoms with E-state index in [0.29, 0.717) is 28.3 Å². The fourth-order valence-electron chi connectivity index (χ4n) is 2.45. The van der Waals surface area contributed by atoms with Crippen molar-refractivity contribution in [1.82, 2.24) is 15.0 Å². The van der Waals surface area contributed by atoms with Crippen molar-refractivity contribution in [2.24, 2.45) is 0 Å². The molecule has 24 heavy (non-hydrogen) atoms. The molecule has 0 atom stereocenters. The number of halogens is 3. The number of hydrogen-bond acceptors (Lipinski definition) is 3. The number of aromatic amines is 1. The van der Waals surface area contributed by atoms with Crippen LogP contribution in [0.15, 0.2) is 59.3 Å². The molecule has 7 heteroatoms. The first-order chi connectivity index (χ1) is 11.5. The van der Waals surface area contributed by atoms with E-state index in [1.807, 2.05) is 0 Å². The number of nitrogens with zero attached hydrogens (tertiary/aromatic N) is 2. The fraction of sp³-hybridized carbons (Fsp3) is 0.0588. The molecular formula is C17H10F3N3O. The molecule has 1 aromatic carbocycles. The van der Waals surface area contributed by atoms with Crippen molar-refractivity contribution in [3.8, 4) is 22.7 Å². The fourth-order valence-corrected chi connectivity index (χ4v) is 2.45. The molecule has 4 aromatic rings. The highest BCUT2D eigenvalue weighted by molar-refractivity contribution is 5.80. The van der Waals surface area contributed by atoms with E-state index in [1.54, 1.807) is 36.7 Å². The summed E-state index contributed by atoms with van der Waals surface area (Å²) in [6.45, 7) is 0. The second-order valence-corrected chi connectivity index (χ2v) is 5.23. The van der Waals surface area contributed by atoms with E-state index in [2.05, 4.69) is 15.0 Å². The number of H-pyrrole nitrogens is 1. The van der Waals surface area contributed by atoms with Crippen LogP contribution in [0.4, 0.5) is 13.2 Å². The molecule has 0 amide bonds. The van der Waals surface area contributed by atoms with Crippen LogP contribution < -0.4 is 0 Å². The third-order valence-electron chi connectivity index (χ3n) is 3.61. The first-order valence-electron chi connectivity index (χ1n) is 7.08. The molecule has 0 bridgehead atoms. The number of nitrogens with one attached hydrogen (secondary N) is 1. The van der Waals surface area contributed by atoms with Gasteiger partial charge in [-0.25, -0.2) is 9.97 Å². The molecule has 4 nitrogen and oxygen atoms in total. The van der Waals surface area contributed by atoms with Crippen LogP contribution in [0.1, 0.15) is 5.56 Å². The number of furan rings is 1. The standard InChI is InChI=1S/C17H10F3N3O/c18-17(19,20)12-4-1-3-10(7-12)15-22-13-8-11(9-21-16(13)23-15)14-5-2-6-24-14/h1-9H,(H,21,22,23). The van der Waals surface area contributed by atoms with Crippen molar-refractivity contribution in [2.45, 2.75) is 6.18 Å². The maximum absolute atomic E-state index is 12.8. The number of aromatic nitrogens is 3. The Morgan fingerprint density at radius 2 is 1.88 bits per heavy atom. The molecule has 0 radical (unpaired) electrons. The van der Waals surface area contributed by atoms with Gasteiger partial charge in [0.1, 0.15) is 17.1 Å². The molecule has 0 saturated heterocycles. The summed E-state index contributed by atoms with van der Waals surface area (Å²) < 4.78 is 43.8. The van der Waals surface area contributed by atoms with E-state index in [4.69, 9.17) is 4.42 Å². The molecule has 0 aliphatic carbocycles. The van der Waals surface area contributed by atoms with Crippen LogP contribution in [0.2, 0.25) is 0 Å². The number of benzene rings is 1. The van der Waals surface area contributed by atoms with Gasteiger partial charge in [-0.3, -0.25) is 0 Å². The lowest BCUT2D eigenvalue weighted by molar-refractivity contribution is -0.137. The molecule has 120 valence electrons. The zero-order valence-corrected chi connectivity index (χ0v) is 12.1. The van der Waals surface area contributed by atoms with Gasteiger partial charge in [-0.05, 0) is 30.3 Å². The molecule has 1 N–H and O–H groups in total. The van der Waals surface area contributed by atoms with Gasteiger partial charge < -0.3 is 9.40 Å². The summed E-state index contributed by atoms with van der Waals surface area (Å²) in [5.41, 5.74) is 1.43.